The maximum absolute atomic E-state index is 12.8. The Balaban J connectivity index is 0.00000192. The molecule has 128 valence electrons. The van der Waals surface area contributed by atoms with Crippen molar-refractivity contribution in [1.29, 1.82) is 0 Å². The molecule has 1 saturated heterocycles. The van der Waals surface area contributed by atoms with Gasteiger partial charge in [0.2, 0.25) is 0 Å². The number of piperidine rings is 1. The van der Waals surface area contributed by atoms with Crippen LogP contribution in [0.25, 0.3) is 0 Å². The van der Waals surface area contributed by atoms with Crippen LogP contribution in [-0.4, -0.2) is 42.7 Å². The molecular formula is C18H27ClN2OS. The van der Waals surface area contributed by atoms with Gasteiger partial charge in [-0.1, -0.05) is 6.07 Å². The van der Waals surface area contributed by atoms with Gasteiger partial charge in [0.25, 0.3) is 5.91 Å². The van der Waals surface area contributed by atoms with E-state index in [-0.39, 0.29) is 18.3 Å². The van der Waals surface area contributed by atoms with Gasteiger partial charge in [0.05, 0.1) is 0 Å². The lowest BCUT2D eigenvalue weighted by Crippen LogP contribution is -2.45. The minimum absolute atomic E-state index is 0. The Morgan fingerprint density at radius 1 is 1.26 bits per heavy atom. The molecule has 2 fully saturated rings. The molecule has 0 atom stereocenters. The number of benzene rings is 1. The topological polar surface area (TPSA) is 32.3 Å². The first-order valence-electron chi connectivity index (χ1n) is 8.34. The van der Waals surface area contributed by atoms with Crippen molar-refractivity contribution in [2.75, 3.05) is 25.9 Å². The van der Waals surface area contributed by atoms with Crippen LogP contribution in [0.4, 0.5) is 0 Å². The number of hydrogen-bond acceptors (Lipinski definition) is 3. The zero-order valence-electron chi connectivity index (χ0n) is 14.0. The number of rotatable bonds is 5. The molecule has 1 heterocycles. The van der Waals surface area contributed by atoms with Gasteiger partial charge in [-0.2, -0.15) is 0 Å². The zero-order chi connectivity index (χ0) is 15.5. The third kappa shape index (κ3) is 4.88. The molecule has 0 aromatic heterocycles. The maximum Gasteiger partial charge on any atom is 0.254 e. The summed E-state index contributed by atoms with van der Waals surface area (Å²) in [6, 6.07) is 6.79. The lowest BCUT2D eigenvalue weighted by Gasteiger charge is -2.33. The smallest absolute Gasteiger partial charge is 0.254 e. The molecule has 1 aliphatic heterocycles. The summed E-state index contributed by atoms with van der Waals surface area (Å²) in [6.45, 7) is 4.96. The number of thioether (sulfide) groups is 1. The Morgan fingerprint density at radius 3 is 2.57 bits per heavy atom. The number of amides is 1. The molecule has 1 aromatic carbocycles. The van der Waals surface area contributed by atoms with Gasteiger partial charge in [-0.15, -0.1) is 24.2 Å². The highest BCUT2D eigenvalue weighted by molar-refractivity contribution is 7.98. The van der Waals surface area contributed by atoms with E-state index in [0.29, 0.717) is 6.04 Å². The van der Waals surface area contributed by atoms with Gasteiger partial charge in [-0.25, -0.2) is 0 Å². The summed E-state index contributed by atoms with van der Waals surface area (Å²) in [7, 11) is 0. The van der Waals surface area contributed by atoms with Crippen molar-refractivity contribution in [1.82, 2.24) is 10.2 Å². The molecule has 3 nitrogen and oxygen atoms in total. The van der Waals surface area contributed by atoms with E-state index in [1.54, 1.807) is 11.8 Å². The third-order valence-electron chi connectivity index (χ3n) is 4.85. The van der Waals surface area contributed by atoms with E-state index < -0.39 is 0 Å². The second-order valence-corrected chi connectivity index (χ2v) is 7.48. The third-order valence-corrected chi connectivity index (χ3v) is 5.57. The average molecular weight is 355 g/mol. The molecule has 3 rings (SSSR count). The average Bonchev–Trinajstić information content (AvgIpc) is 3.38. The lowest BCUT2D eigenvalue weighted by molar-refractivity contribution is 0.0704. The number of aryl methyl sites for hydroxylation is 1. The van der Waals surface area contributed by atoms with Crippen molar-refractivity contribution < 1.29 is 4.79 Å². The highest BCUT2D eigenvalue weighted by Crippen LogP contribution is 2.28. The fourth-order valence-electron chi connectivity index (χ4n) is 3.07. The minimum Gasteiger partial charge on any atom is -0.339 e. The van der Waals surface area contributed by atoms with Crippen molar-refractivity contribution in [2.24, 2.45) is 5.92 Å². The van der Waals surface area contributed by atoms with Gasteiger partial charge in [-0.05, 0) is 69.0 Å². The van der Waals surface area contributed by atoms with Crippen LogP contribution < -0.4 is 5.32 Å². The quantitative estimate of drug-likeness (QED) is 0.817. The van der Waals surface area contributed by atoms with Crippen LogP contribution in [0.3, 0.4) is 0 Å². The molecule has 2 aliphatic rings. The van der Waals surface area contributed by atoms with Crippen LogP contribution >= 0.6 is 24.2 Å². The van der Waals surface area contributed by atoms with E-state index in [1.165, 1.54) is 19.4 Å². The molecule has 0 unspecified atom stereocenters. The Hall–Kier alpha value is -0.710. The number of hydrogen-bond donors (Lipinski definition) is 1. The molecule has 0 spiro atoms. The standard InChI is InChI=1S/C18H26N2OS.ClH/c1-13-3-6-16(22-2)11-17(13)18(21)20-9-7-15(8-10-20)19-12-14-4-5-14;/h3,6,11,14-15,19H,4-5,7-10,12H2,1-2H3;1H. The van der Waals surface area contributed by atoms with Crippen LogP contribution in [-0.2, 0) is 0 Å². The van der Waals surface area contributed by atoms with Gasteiger partial charge in [0.1, 0.15) is 0 Å². The highest BCUT2D eigenvalue weighted by Gasteiger charge is 2.26. The van der Waals surface area contributed by atoms with Crippen molar-refractivity contribution in [3.05, 3.63) is 29.3 Å². The van der Waals surface area contributed by atoms with Crippen molar-refractivity contribution >= 4 is 30.1 Å². The molecule has 1 aromatic rings. The molecule has 0 radical (unpaired) electrons. The summed E-state index contributed by atoms with van der Waals surface area (Å²) in [5, 5.41) is 3.67. The molecule has 1 saturated carbocycles. The van der Waals surface area contributed by atoms with Gasteiger partial charge in [-0.3, -0.25) is 4.79 Å². The molecule has 23 heavy (non-hydrogen) atoms. The predicted octanol–water partition coefficient (Wildman–Crippen LogP) is 3.74. The van der Waals surface area contributed by atoms with Crippen LogP contribution in [0.1, 0.15) is 41.6 Å². The Morgan fingerprint density at radius 2 is 1.96 bits per heavy atom. The number of carbonyl (C=O) groups is 1. The second kappa shape index (κ2) is 8.41. The van der Waals surface area contributed by atoms with Gasteiger partial charge in [0, 0.05) is 29.6 Å². The van der Waals surface area contributed by atoms with E-state index in [4.69, 9.17) is 0 Å². The molecule has 1 aliphatic carbocycles. The first kappa shape index (κ1) is 18.6. The van der Waals surface area contributed by atoms with E-state index in [0.717, 1.165) is 47.9 Å². The van der Waals surface area contributed by atoms with Gasteiger partial charge < -0.3 is 10.2 Å². The van der Waals surface area contributed by atoms with Gasteiger partial charge >= 0.3 is 0 Å². The summed E-state index contributed by atoms with van der Waals surface area (Å²) >= 11 is 1.69. The Bertz CT molecular complexity index is 540. The van der Waals surface area contributed by atoms with E-state index in [2.05, 4.69) is 23.7 Å². The van der Waals surface area contributed by atoms with Crippen LogP contribution in [0.2, 0.25) is 0 Å². The first-order chi connectivity index (χ1) is 10.7. The summed E-state index contributed by atoms with van der Waals surface area (Å²) in [4.78, 5) is 16.0. The second-order valence-electron chi connectivity index (χ2n) is 6.60. The molecule has 1 N–H and O–H groups in total. The number of carbonyl (C=O) groups excluding carboxylic acids is 1. The van der Waals surface area contributed by atoms with Gasteiger partial charge in [0.15, 0.2) is 0 Å². The van der Waals surface area contributed by atoms with Crippen LogP contribution in [0.15, 0.2) is 23.1 Å². The Labute approximate surface area is 150 Å². The number of halogens is 1. The van der Waals surface area contributed by atoms with Crippen LogP contribution in [0, 0.1) is 12.8 Å². The van der Waals surface area contributed by atoms with E-state index in [1.807, 2.05) is 17.9 Å². The zero-order valence-corrected chi connectivity index (χ0v) is 15.6. The monoisotopic (exact) mass is 354 g/mol. The molecular weight excluding hydrogens is 328 g/mol. The van der Waals surface area contributed by atoms with Crippen molar-refractivity contribution in [3.8, 4) is 0 Å². The summed E-state index contributed by atoms with van der Waals surface area (Å²) < 4.78 is 0. The summed E-state index contributed by atoms with van der Waals surface area (Å²) in [6.07, 6.45) is 7.01. The minimum atomic E-state index is 0. The fraction of sp³-hybridized carbons (Fsp3) is 0.611. The van der Waals surface area contributed by atoms with E-state index >= 15 is 0 Å². The lowest BCUT2D eigenvalue weighted by atomic mass is 10.0. The fourth-order valence-corrected chi connectivity index (χ4v) is 3.51. The SMILES string of the molecule is CSc1ccc(C)c(C(=O)N2CCC(NCC3CC3)CC2)c1.Cl. The van der Waals surface area contributed by atoms with Crippen molar-refractivity contribution in [2.45, 2.75) is 43.5 Å². The number of nitrogens with zero attached hydrogens (tertiary/aromatic N) is 1. The van der Waals surface area contributed by atoms with Crippen LogP contribution in [0.5, 0.6) is 0 Å². The maximum atomic E-state index is 12.8. The normalized spacial score (nSPS) is 18.6. The number of nitrogens with one attached hydrogen (secondary N) is 1. The first-order valence-corrected chi connectivity index (χ1v) is 9.57. The number of likely N-dealkylation sites (tertiary alicyclic amines) is 1. The summed E-state index contributed by atoms with van der Waals surface area (Å²) in [5.41, 5.74) is 1.95. The summed E-state index contributed by atoms with van der Waals surface area (Å²) in [5.74, 6) is 1.13. The molecule has 5 heteroatoms. The van der Waals surface area contributed by atoms with Crippen molar-refractivity contribution in [3.63, 3.8) is 0 Å². The largest absolute Gasteiger partial charge is 0.339 e. The molecule has 1 amide bonds. The Kier molecular flexibility index (Phi) is 6.81. The highest BCUT2D eigenvalue weighted by atomic mass is 35.5. The molecule has 0 bridgehead atoms. The predicted molar refractivity (Wildman–Crippen MR) is 99.9 cm³/mol. The van der Waals surface area contributed by atoms with E-state index in [9.17, 15) is 4.79 Å².